The summed E-state index contributed by atoms with van der Waals surface area (Å²) in [6.45, 7) is 3.91. The van der Waals surface area contributed by atoms with Crippen molar-refractivity contribution in [1.82, 2.24) is 0 Å². The van der Waals surface area contributed by atoms with Gasteiger partial charge in [-0.1, -0.05) is 36.7 Å². The Morgan fingerprint density at radius 1 is 1.00 bits per heavy atom. The molecule has 5 nitrogen and oxygen atoms in total. The standard InChI is InChI=1S/C26H21ClFNO4/c1-25(11-30-12-25)13-32-24-9-20-23(10-21(24)28)33-22-6-5-17(16-3-2-4-18(27)7-16)8-19(22)26(20)14-31-15-29-26/h2-10,15H,11-14H2,1H3/t26-/m0/s1. The van der Waals surface area contributed by atoms with E-state index in [4.69, 9.17) is 35.5 Å². The molecule has 1 spiro atoms. The lowest BCUT2D eigenvalue weighted by Gasteiger charge is -2.38. The minimum atomic E-state index is -0.854. The summed E-state index contributed by atoms with van der Waals surface area (Å²) in [5.41, 5.74) is 2.54. The maximum atomic E-state index is 14.9. The summed E-state index contributed by atoms with van der Waals surface area (Å²) < 4.78 is 37.8. The largest absolute Gasteiger partial charge is 0.490 e. The highest BCUT2D eigenvalue weighted by molar-refractivity contribution is 6.30. The van der Waals surface area contributed by atoms with Crippen LogP contribution < -0.4 is 9.47 Å². The first-order chi connectivity index (χ1) is 16.0. The number of hydrogen-bond acceptors (Lipinski definition) is 5. The van der Waals surface area contributed by atoms with Crippen LogP contribution in [0.4, 0.5) is 4.39 Å². The summed E-state index contributed by atoms with van der Waals surface area (Å²) in [5, 5.41) is 0.659. The third kappa shape index (κ3) is 3.36. The Balaban J connectivity index is 1.44. The molecule has 3 aromatic carbocycles. The Labute approximate surface area is 195 Å². The normalized spacial score (nSPS) is 21.5. The first kappa shape index (κ1) is 20.5. The van der Waals surface area contributed by atoms with Crippen LogP contribution in [0.3, 0.4) is 0 Å². The van der Waals surface area contributed by atoms with Gasteiger partial charge in [-0.05, 0) is 41.5 Å². The first-order valence-electron chi connectivity index (χ1n) is 10.7. The van der Waals surface area contributed by atoms with Gasteiger partial charge < -0.3 is 18.9 Å². The van der Waals surface area contributed by atoms with E-state index in [0.717, 1.165) is 16.7 Å². The van der Waals surface area contributed by atoms with Crippen LogP contribution in [0.2, 0.25) is 5.02 Å². The van der Waals surface area contributed by atoms with Crippen molar-refractivity contribution in [1.29, 1.82) is 0 Å². The van der Waals surface area contributed by atoms with E-state index in [-0.39, 0.29) is 17.8 Å². The second kappa shape index (κ2) is 7.47. The Bertz CT molecular complexity index is 1290. The van der Waals surface area contributed by atoms with Crippen LogP contribution in [0.25, 0.3) is 11.1 Å². The lowest BCUT2D eigenvalue weighted by molar-refractivity contribution is -0.120. The van der Waals surface area contributed by atoms with E-state index in [1.165, 1.54) is 12.5 Å². The first-order valence-corrected chi connectivity index (χ1v) is 11.1. The molecule has 0 radical (unpaired) electrons. The molecule has 3 aromatic rings. The van der Waals surface area contributed by atoms with Crippen molar-refractivity contribution in [2.75, 3.05) is 26.4 Å². The number of halogens is 2. The third-order valence-corrected chi connectivity index (χ3v) is 6.63. The summed E-state index contributed by atoms with van der Waals surface area (Å²) in [5.74, 6) is 0.711. The Hall–Kier alpha value is -3.09. The van der Waals surface area contributed by atoms with E-state index >= 15 is 0 Å². The van der Waals surface area contributed by atoms with Crippen molar-refractivity contribution < 1.29 is 23.3 Å². The number of hydrogen-bond donors (Lipinski definition) is 0. The van der Waals surface area contributed by atoms with Gasteiger partial charge in [-0.15, -0.1) is 0 Å². The zero-order valence-electron chi connectivity index (χ0n) is 17.9. The number of ether oxygens (including phenoxy) is 4. The average molecular weight is 466 g/mol. The minimum absolute atomic E-state index is 0.108. The van der Waals surface area contributed by atoms with Crippen LogP contribution in [0.5, 0.6) is 17.2 Å². The molecule has 0 unspecified atom stereocenters. The highest BCUT2D eigenvalue weighted by Gasteiger charge is 2.46. The van der Waals surface area contributed by atoms with Gasteiger partial charge in [0, 0.05) is 27.6 Å². The Morgan fingerprint density at radius 3 is 2.55 bits per heavy atom. The predicted octanol–water partition coefficient (Wildman–Crippen LogP) is 5.97. The zero-order chi connectivity index (χ0) is 22.6. The number of rotatable bonds is 4. The minimum Gasteiger partial charge on any atom is -0.490 e. The SMILES string of the molecule is CC1(COc2cc3c(cc2F)Oc2ccc(-c4cccc(Cl)c4)cc2[C@@]32COC=N2)COC1. The van der Waals surface area contributed by atoms with Gasteiger partial charge in [0.25, 0.3) is 0 Å². The topological polar surface area (TPSA) is 49.3 Å². The molecule has 1 fully saturated rings. The van der Waals surface area contributed by atoms with Crippen molar-refractivity contribution in [3.05, 3.63) is 76.6 Å². The number of nitrogens with zero attached hydrogens (tertiary/aromatic N) is 1. The lowest BCUT2D eigenvalue weighted by atomic mass is 9.80. The highest BCUT2D eigenvalue weighted by atomic mass is 35.5. The molecule has 0 amide bonds. The molecule has 3 aliphatic rings. The van der Waals surface area contributed by atoms with E-state index in [0.29, 0.717) is 41.9 Å². The number of benzene rings is 3. The van der Waals surface area contributed by atoms with E-state index < -0.39 is 11.4 Å². The maximum absolute atomic E-state index is 14.9. The fourth-order valence-corrected chi connectivity index (χ4v) is 4.70. The molecule has 3 aliphatic heterocycles. The highest BCUT2D eigenvalue weighted by Crippen LogP contribution is 2.52. The molecule has 0 saturated carbocycles. The number of fused-ring (bicyclic) bond motifs is 4. The van der Waals surface area contributed by atoms with Gasteiger partial charge in [-0.2, -0.15) is 0 Å². The summed E-state index contributed by atoms with van der Waals surface area (Å²) in [6.07, 6.45) is 1.45. The molecule has 168 valence electrons. The van der Waals surface area contributed by atoms with Crippen LogP contribution >= 0.6 is 11.6 Å². The fraction of sp³-hybridized carbons (Fsp3) is 0.269. The number of aliphatic imine (C=N–C) groups is 1. The van der Waals surface area contributed by atoms with Gasteiger partial charge in [0.05, 0.1) is 19.8 Å². The molecule has 33 heavy (non-hydrogen) atoms. The fourth-order valence-electron chi connectivity index (χ4n) is 4.51. The molecule has 0 aliphatic carbocycles. The van der Waals surface area contributed by atoms with Crippen LogP contribution in [0.15, 0.2) is 59.6 Å². The van der Waals surface area contributed by atoms with Gasteiger partial charge in [0.15, 0.2) is 23.5 Å². The van der Waals surface area contributed by atoms with Crippen LogP contribution in [0, 0.1) is 11.2 Å². The molecule has 0 aromatic heterocycles. The smallest absolute Gasteiger partial charge is 0.170 e. The Morgan fingerprint density at radius 2 is 1.82 bits per heavy atom. The summed E-state index contributed by atoms with van der Waals surface area (Å²) in [4.78, 5) is 4.72. The van der Waals surface area contributed by atoms with Crippen molar-refractivity contribution in [3.63, 3.8) is 0 Å². The van der Waals surface area contributed by atoms with Crippen LogP contribution in [-0.4, -0.2) is 32.8 Å². The van der Waals surface area contributed by atoms with Crippen LogP contribution in [-0.2, 0) is 15.0 Å². The summed E-state index contributed by atoms with van der Waals surface area (Å²) >= 11 is 6.21. The quantitative estimate of drug-likeness (QED) is 0.476. The maximum Gasteiger partial charge on any atom is 0.170 e. The van der Waals surface area contributed by atoms with Crippen molar-refractivity contribution in [3.8, 4) is 28.4 Å². The van der Waals surface area contributed by atoms with E-state index in [9.17, 15) is 4.39 Å². The van der Waals surface area contributed by atoms with Crippen molar-refractivity contribution >= 4 is 18.0 Å². The van der Waals surface area contributed by atoms with Gasteiger partial charge in [-0.3, -0.25) is 0 Å². The molecule has 6 rings (SSSR count). The monoisotopic (exact) mass is 465 g/mol. The molecule has 0 N–H and O–H groups in total. The second-order valence-corrected chi connectivity index (χ2v) is 9.54. The summed E-state index contributed by atoms with van der Waals surface area (Å²) in [7, 11) is 0. The molecule has 0 bridgehead atoms. The molecule has 1 atom stereocenters. The molecular weight excluding hydrogens is 445 g/mol. The zero-order valence-corrected chi connectivity index (χ0v) is 18.7. The van der Waals surface area contributed by atoms with Gasteiger partial charge in [0.2, 0.25) is 0 Å². The van der Waals surface area contributed by atoms with Crippen LogP contribution in [0.1, 0.15) is 18.1 Å². The van der Waals surface area contributed by atoms with Gasteiger partial charge in [0.1, 0.15) is 18.1 Å². The van der Waals surface area contributed by atoms with E-state index in [2.05, 4.69) is 6.92 Å². The summed E-state index contributed by atoms with van der Waals surface area (Å²) in [6, 6.07) is 16.6. The van der Waals surface area contributed by atoms with Gasteiger partial charge in [-0.25, -0.2) is 9.38 Å². The average Bonchev–Trinajstić information content (AvgIpc) is 3.27. The molecular formula is C26H21ClFNO4. The van der Waals surface area contributed by atoms with Crippen molar-refractivity contribution in [2.24, 2.45) is 10.4 Å². The third-order valence-electron chi connectivity index (χ3n) is 6.40. The lowest BCUT2D eigenvalue weighted by Crippen LogP contribution is -2.44. The van der Waals surface area contributed by atoms with E-state index in [1.807, 2.05) is 42.5 Å². The second-order valence-electron chi connectivity index (χ2n) is 9.10. The Kier molecular flexibility index (Phi) is 4.64. The molecule has 3 heterocycles. The van der Waals surface area contributed by atoms with Gasteiger partial charge >= 0.3 is 0 Å². The molecule has 1 saturated heterocycles. The van der Waals surface area contributed by atoms with E-state index in [1.54, 1.807) is 6.07 Å². The predicted molar refractivity (Wildman–Crippen MR) is 123 cm³/mol. The van der Waals surface area contributed by atoms with Crippen molar-refractivity contribution in [2.45, 2.75) is 12.5 Å². The molecule has 7 heteroatoms.